The summed E-state index contributed by atoms with van der Waals surface area (Å²) in [4.78, 5) is 27.4. The Morgan fingerprint density at radius 1 is 1.06 bits per heavy atom. The van der Waals surface area contributed by atoms with Crippen molar-refractivity contribution >= 4 is 22.6 Å². The molecule has 0 fully saturated rings. The summed E-state index contributed by atoms with van der Waals surface area (Å²) in [6, 6.07) is 17.7. The number of hydrogen-bond acceptors (Lipinski definition) is 3. The van der Waals surface area contributed by atoms with Crippen LogP contribution in [0.5, 0.6) is 5.75 Å². The molecule has 0 radical (unpaired) electrons. The predicted octanol–water partition coefficient (Wildman–Crippen LogP) is 4.33. The van der Waals surface area contributed by atoms with Gasteiger partial charge in [0.25, 0.3) is 0 Å². The van der Waals surface area contributed by atoms with Crippen molar-refractivity contribution in [3.63, 3.8) is 0 Å². The Labute approximate surface area is 188 Å². The smallest absolute Gasteiger partial charge is 0.245 e. The summed E-state index contributed by atoms with van der Waals surface area (Å²) in [6.07, 6.45) is 0.186. The number of ether oxygens (including phenoxy) is 1. The van der Waals surface area contributed by atoms with Gasteiger partial charge in [-0.05, 0) is 39.9 Å². The highest BCUT2D eigenvalue weighted by Gasteiger charge is 2.27. The average Bonchev–Trinajstić information content (AvgIpc) is 2.77. The van der Waals surface area contributed by atoms with Crippen LogP contribution in [-0.2, 0) is 22.6 Å². The average molecular weight is 437 g/mol. The number of carbonyl (C=O) groups is 2. The second kappa shape index (κ2) is 10.3. The summed E-state index contributed by atoms with van der Waals surface area (Å²) in [6.45, 7) is 4.01. The van der Waals surface area contributed by atoms with E-state index in [0.717, 1.165) is 16.3 Å². The Morgan fingerprint density at radius 2 is 1.78 bits per heavy atom. The highest BCUT2D eigenvalue weighted by molar-refractivity contribution is 5.92. The van der Waals surface area contributed by atoms with Crippen molar-refractivity contribution in [3.8, 4) is 5.75 Å². The highest BCUT2D eigenvalue weighted by Crippen LogP contribution is 2.20. The first-order valence-corrected chi connectivity index (χ1v) is 10.6. The molecule has 0 aliphatic heterocycles. The van der Waals surface area contributed by atoms with E-state index >= 15 is 0 Å². The predicted molar refractivity (Wildman–Crippen MR) is 124 cm³/mol. The van der Waals surface area contributed by atoms with Crippen LogP contribution in [0.4, 0.5) is 4.39 Å². The first-order valence-electron chi connectivity index (χ1n) is 10.6. The lowest BCUT2D eigenvalue weighted by atomic mass is 10.00. The minimum absolute atomic E-state index is 0.103. The summed E-state index contributed by atoms with van der Waals surface area (Å²) < 4.78 is 18.9. The zero-order chi connectivity index (χ0) is 23.3. The molecule has 0 unspecified atom stereocenters. The molecule has 0 aliphatic rings. The van der Waals surface area contributed by atoms with Gasteiger partial charge >= 0.3 is 0 Å². The second-order valence-corrected chi connectivity index (χ2v) is 8.27. The van der Waals surface area contributed by atoms with Gasteiger partial charge in [-0.2, -0.15) is 0 Å². The van der Waals surface area contributed by atoms with Crippen LogP contribution in [0, 0.1) is 11.7 Å². The van der Waals surface area contributed by atoms with Crippen LogP contribution in [0.15, 0.2) is 60.7 Å². The van der Waals surface area contributed by atoms with Crippen LogP contribution in [0.3, 0.4) is 0 Å². The molecule has 0 bridgehead atoms. The molecule has 0 saturated carbocycles. The molecule has 1 N–H and O–H groups in total. The quantitative estimate of drug-likeness (QED) is 0.572. The molecule has 3 rings (SSSR count). The third-order valence-electron chi connectivity index (χ3n) is 5.49. The van der Waals surface area contributed by atoms with E-state index in [-0.39, 0.29) is 36.4 Å². The van der Waals surface area contributed by atoms with Gasteiger partial charge in [0.15, 0.2) is 11.6 Å². The van der Waals surface area contributed by atoms with Crippen molar-refractivity contribution in [1.82, 2.24) is 10.2 Å². The van der Waals surface area contributed by atoms with Crippen LogP contribution < -0.4 is 10.1 Å². The van der Waals surface area contributed by atoms with E-state index in [2.05, 4.69) is 5.32 Å². The monoisotopic (exact) mass is 436 g/mol. The number of methoxy groups -OCH3 is 1. The van der Waals surface area contributed by atoms with E-state index in [9.17, 15) is 14.0 Å². The number of nitrogens with one attached hydrogen (secondary N) is 1. The van der Waals surface area contributed by atoms with Crippen molar-refractivity contribution in [2.75, 3.05) is 14.2 Å². The van der Waals surface area contributed by atoms with Crippen LogP contribution in [0.25, 0.3) is 10.8 Å². The molecule has 0 spiro atoms. The standard InChI is InChI=1S/C26H29FN2O3/c1-17(2)25(26(31)29(3)16-18-12-13-23(32-4)22(27)14-18)28-24(30)15-20-10-7-9-19-8-5-6-11-21(19)20/h5-14,17,25H,15-16H2,1-4H3,(H,28,30)/t25-/m0/s1. The molecule has 2 amide bonds. The molecule has 32 heavy (non-hydrogen) atoms. The largest absolute Gasteiger partial charge is 0.494 e. The third-order valence-corrected chi connectivity index (χ3v) is 5.49. The maximum Gasteiger partial charge on any atom is 0.245 e. The molecule has 6 heteroatoms. The van der Waals surface area contributed by atoms with Crippen molar-refractivity contribution in [1.29, 1.82) is 0 Å². The van der Waals surface area contributed by atoms with Crippen molar-refractivity contribution in [2.24, 2.45) is 5.92 Å². The van der Waals surface area contributed by atoms with Gasteiger partial charge in [-0.1, -0.05) is 62.4 Å². The van der Waals surface area contributed by atoms with Crippen molar-refractivity contribution < 1.29 is 18.7 Å². The Morgan fingerprint density at radius 3 is 2.47 bits per heavy atom. The first-order chi connectivity index (χ1) is 15.3. The molecular weight excluding hydrogens is 407 g/mol. The fourth-order valence-electron chi connectivity index (χ4n) is 3.76. The van der Waals surface area contributed by atoms with Gasteiger partial charge in [0.1, 0.15) is 6.04 Å². The SMILES string of the molecule is COc1ccc(CN(C)C(=O)[C@@H](NC(=O)Cc2cccc3ccccc23)C(C)C)cc1F. The van der Waals surface area contributed by atoms with Crippen molar-refractivity contribution in [2.45, 2.75) is 32.9 Å². The molecule has 0 saturated heterocycles. The fourth-order valence-corrected chi connectivity index (χ4v) is 3.76. The Hall–Kier alpha value is -3.41. The van der Waals surface area contributed by atoms with Crippen LogP contribution >= 0.6 is 0 Å². The second-order valence-electron chi connectivity index (χ2n) is 8.27. The lowest BCUT2D eigenvalue weighted by Crippen LogP contribution is -2.50. The molecule has 5 nitrogen and oxygen atoms in total. The van der Waals surface area contributed by atoms with E-state index in [1.165, 1.54) is 24.1 Å². The number of nitrogens with zero attached hydrogens (tertiary/aromatic N) is 1. The number of rotatable bonds is 8. The summed E-state index contributed by atoms with van der Waals surface area (Å²) in [7, 11) is 3.05. The number of likely N-dealkylation sites (N-methyl/N-ethyl adjacent to an activating group) is 1. The summed E-state index contributed by atoms with van der Waals surface area (Å²) in [5.41, 5.74) is 1.56. The molecule has 1 atom stereocenters. The van der Waals surface area contributed by atoms with E-state index in [1.54, 1.807) is 13.1 Å². The van der Waals surface area contributed by atoms with Gasteiger partial charge in [-0.25, -0.2) is 4.39 Å². The highest BCUT2D eigenvalue weighted by atomic mass is 19.1. The van der Waals surface area contributed by atoms with Crippen LogP contribution in [0.2, 0.25) is 0 Å². The molecule has 0 aromatic heterocycles. The van der Waals surface area contributed by atoms with Gasteiger partial charge in [-0.15, -0.1) is 0 Å². The topological polar surface area (TPSA) is 58.6 Å². The zero-order valence-electron chi connectivity index (χ0n) is 18.9. The zero-order valence-corrected chi connectivity index (χ0v) is 18.9. The molecular formula is C26H29FN2O3. The third kappa shape index (κ3) is 5.44. The van der Waals surface area contributed by atoms with E-state index in [0.29, 0.717) is 5.56 Å². The van der Waals surface area contributed by atoms with Crippen LogP contribution in [0.1, 0.15) is 25.0 Å². The summed E-state index contributed by atoms with van der Waals surface area (Å²) >= 11 is 0. The van der Waals surface area contributed by atoms with Gasteiger partial charge in [-0.3, -0.25) is 9.59 Å². The number of fused-ring (bicyclic) bond motifs is 1. The number of hydrogen-bond donors (Lipinski definition) is 1. The number of carbonyl (C=O) groups excluding carboxylic acids is 2. The molecule has 0 heterocycles. The molecule has 168 valence electrons. The molecule has 3 aromatic carbocycles. The minimum atomic E-state index is -0.675. The maximum absolute atomic E-state index is 14.0. The van der Waals surface area contributed by atoms with E-state index in [4.69, 9.17) is 4.74 Å². The van der Waals surface area contributed by atoms with E-state index in [1.807, 2.05) is 56.3 Å². The maximum atomic E-state index is 14.0. The Balaban J connectivity index is 1.69. The van der Waals surface area contributed by atoms with Gasteiger partial charge < -0.3 is 15.0 Å². The van der Waals surface area contributed by atoms with Gasteiger partial charge in [0, 0.05) is 13.6 Å². The number of amides is 2. The lowest BCUT2D eigenvalue weighted by Gasteiger charge is -2.27. The number of benzene rings is 3. The fraction of sp³-hybridized carbons (Fsp3) is 0.308. The Kier molecular flexibility index (Phi) is 7.46. The van der Waals surface area contributed by atoms with Gasteiger partial charge in [0.05, 0.1) is 13.5 Å². The van der Waals surface area contributed by atoms with Crippen LogP contribution in [-0.4, -0.2) is 36.9 Å². The van der Waals surface area contributed by atoms with Gasteiger partial charge in [0.2, 0.25) is 11.8 Å². The lowest BCUT2D eigenvalue weighted by molar-refractivity contribution is -0.136. The molecule has 3 aromatic rings. The first kappa shape index (κ1) is 23.3. The molecule has 0 aliphatic carbocycles. The van der Waals surface area contributed by atoms with E-state index < -0.39 is 11.9 Å². The minimum Gasteiger partial charge on any atom is -0.494 e. The normalized spacial score (nSPS) is 11.9. The Bertz CT molecular complexity index is 1110. The van der Waals surface area contributed by atoms with Crippen molar-refractivity contribution in [3.05, 3.63) is 77.6 Å². The summed E-state index contributed by atoms with van der Waals surface area (Å²) in [5, 5.41) is 5.00. The summed E-state index contributed by atoms with van der Waals surface area (Å²) in [5.74, 6) is -0.855. The number of halogens is 1.